The highest BCUT2D eigenvalue weighted by molar-refractivity contribution is 9.10. The summed E-state index contributed by atoms with van der Waals surface area (Å²) in [5, 5.41) is 4.67. The number of rotatable bonds is 0. The highest BCUT2D eigenvalue weighted by Crippen LogP contribution is 2.22. The second-order valence-corrected chi connectivity index (χ2v) is 3.52. The van der Waals surface area contributed by atoms with E-state index in [4.69, 9.17) is 0 Å². The zero-order valence-corrected chi connectivity index (χ0v) is 8.67. The van der Waals surface area contributed by atoms with Crippen LogP contribution in [0.5, 0.6) is 0 Å². The summed E-state index contributed by atoms with van der Waals surface area (Å²) >= 11 is 7.63. The molecule has 0 fully saturated rings. The first-order valence-electron chi connectivity index (χ1n) is 3.25. The summed E-state index contributed by atoms with van der Waals surface area (Å²) in [6, 6.07) is 0. The van der Waals surface area contributed by atoms with Gasteiger partial charge in [0.05, 0.1) is 10.2 Å². The minimum absolute atomic E-state index is 0.570. The normalized spacial score (nSPS) is 10.9. The molecule has 62 valence electrons. The summed E-state index contributed by atoms with van der Waals surface area (Å²) in [5.74, 6) is 0.570. The molecule has 2 aromatic rings. The van der Waals surface area contributed by atoms with E-state index < -0.39 is 0 Å². The van der Waals surface area contributed by atoms with Crippen LogP contribution < -0.4 is 0 Å². The zero-order valence-electron chi connectivity index (χ0n) is 6.19. The van der Waals surface area contributed by atoms with E-state index in [0.29, 0.717) is 5.78 Å². The number of halogens is 1. The van der Waals surface area contributed by atoms with E-state index in [-0.39, 0.29) is 0 Å². The topological polar surface area (TPSA) is 43.1 Å². The molecule has 2 heterocycles. The van der Waals surface area contributed by atoms with Gasteiger partial charge >= 0.3 is 0 Å². The van der Waals surface area contributed by atoms with Gasteiger partial charge in [-0.15, -0.1) is 12.6 Å². The molecule has 12 heavy (non-hydrogen) atoms. The smallest absolute Gasteiger partial charge is 0.215 e. The molecular formula is C6H5BrN4S. The van der Waals surface area contributed by atoms with Crippen molar-refractivity contribution < 1.29 is 0 Å². The fourth-order valence-corrected chi connectivity index (χ4v) is 1.47. The number of aryl methyl sites for hydroxylation is 1. The third kappa shape index (κ3) is 1.02. The molecule has 0 spiro atoms. The molecule has 4 nitrogen and oxygen atoms in total. The van der Waals surface area contributed by atoms with Gasteiger partial charge in [-0.3, -0.25) is 0 Å². The summed E-state index contributed by atoms with van der Waals surface area (Å²) in [6.45, 7) is 1.89. The Kier molecular flexibility index (Phi) is 1.80. The maximum absolute atomic E-state index is 4.27. The van der Waals surface area contributed by atoms with Gasteiger partial charge in [-0.05, 0) is 22.9 Å². The van der Waals surface area contributed by atoms with E-state index in [1.54, 1.807) is 4.52 Å². The number of aromatic nitrogens is 4. The van der Waals surface area contributed by atoms with Crippen molar-refractivity contribution in [1.82, 2.24) is 19.6 Å². The van der Waals surface area contributed by atoms with Crippen molar-refractivity contribution in [2.45, 2.75) is 11.9 Å². The Morgan fingerprint density at radius 1 is 1.58 bits per heavy atom. The summed E-state index contributed by atoms with van der Waals surface area (Å²) in [5.41, 5.74) is 0.862. The Morgan fingerprint density at radius 3 is 3.08 bits per heavy atom. The van der Waals surface area contributed by atoms with Gasteiger partial charge in [0.2, 0.25) is 0 Å². The van der Waals surface area contributed by atoms with E-state index in [2.05, 4.69) is 43.6 Å². The average Bonchev–Trinajstić information content (AvgIpc) is 2.48. The van der Waals surface area contributed by atoms with E-state index in [9.17, 15) is 0 Å². The van der Waals surface area contributed by atoms with E-state index in [0.717, 1.165) is 15.2 Å². The number of nitrogens with zero attached hydrogens (tertiary/aromatic N) is 4. The maximum atomic E-state index is 4.27. The molecule has 0 aliphatic carbocycles. The number of hydrogen-bond donors (Lipinski definition) is 1. The van der Waals surface area contributed by atoms with Crippen molar-refractivity contribution in [2.75, 3.05) is 0 Å². The van der Waals surface area contributed by atoms with Crippen LogP contribution in [0.4, 0.5) is 0 Å². The third-order valence-corrected chi connectivity index (χ3v) is 3.18. The van der Waals surface area contributed by atoms with Crippen LogP contribution in [0.2, 0.25) is 0 Å². The van der Waals surface area contributed by atoms with Gasteiger partial charge in [-0.25, -0.2) is 4.98 Å². The molecule has 0 aromatic carbocycles. The standard InChI is InChI=1S/C6H5BrN4S/c1-3-4(7)5(12)11-6(10-3)8-2-9-11/h2,12H,1H3. The van der Waals surface area contributed by atoms with Crippen molar-refractivity contribution in [3.05, 3.63) is 16.5 Å². The first-order valence-corrected chi connectivity index (χ1v) is 4.49. The Balaban J connectivity index is 2.94. The van der Waals surface area contributed by atoms with Crippen LogP contribution in [0.3, 0.4) is 0 Å². The summed E-state index contributed by atoms with van der Waals surface area (Å²) in [7, 11) is 0. The van der Waals surface area contributed by atoms with E-state index in [1.807, 2.05) is 6.92 Å². The second-order valence-electron chi connectivity index (χ2n) is 2.31. The van der Waals surface area contributed by atoms with Crippen molar-refractivity contribution in [2.24, 2.45) is 0 Å². The number of fused-ring (bicyclic) bond motifs is 1. The highest BCUT2D eigenvalue weighted by Gasteiger charge is 2.07. The van der Waals surface area contributed by atoms with Crippen LogP contribution >= 0.6 is 28.6 Å². The molecule has 0 radical (unpaired) electrons. The van der Waals surface area contributed by atoms with E-state index in [1.165, 1.54) is 6.33 Å². The monoisotopic (exact) mass is 244 g/mol. The van der Waals surface area contributed by atoms with Crippen LogP contribution in [0.15, 0.2) is 15.8 Å². The molecule has 0 bridgehead atoms. The molecule has 0 N–H and O–H groups in total. The van der Waals surface area contributed by atoms with Crippen LogP contribution in [-0.4, -0.2) is 19.6 Å². The lowest BCUT2D eigenvalue weighted by atomic mass is 10.5. The molecule has 0 amide bonds. The van der Waals surface area contributed by atoms with E-state index >= 15 is 0 Å². The van der Waals surface area contributed by atoms with Gasteiger partial charge < -0.3 is 0 Å². The fourth-order valence-electron chi connectivity index (χ4n) is 0.915. The molecule has 0 aliphatic rings. The second kappa shape index (κ2) is 2.70. The molecule has 0 atom stereocenters. The maximum Gasteiger partial charge on any atom is 0.253 e. The lowest BCUT2D eigenvalue weighted by Crippen LogP contribution is -1.97. The van der Waals surface area contributed by atoms with Crippen LogP contribution in [-0.2, 0) is 0 Å². The Hall–Kier alpha value is -0.620. The molecule has 2 rings (SSSR count). The van der Waals surface area contributed by atoms with Gasteiger partial charge in [0, 0.05) is 0 Å². The third-order valence-electron chi connectivity index (χ3n) is 1.51. The zero-order chi connectivity index (χ0) is 8.72. The molecule has 2 aromatic heterocycles. The number of hydrogen-bond acceptors (Lipinski definition) is 4. The van der Waals surface area contributed by atoms with Gasteiger partial charge in [-0.2, -0.15) is 14.6 Å². The molecule has 6 heteroatoms. The predicted octanol–water partition coefficient (Wildman–Crippen LogP) is 1.48. The average molecular weight is 245 g/mol. The largest absolute Gasteiger partial charge is 0.253 e. The lowest BCUT2D eigenvalue weighted by Gasteiger charge is -2.01. The molecular weight excluding hydrogens is 240 g/mol. The SMILES string of the molecule is Cc1nc2ncnn2c(S)c1Br. The van der Waals surface area contributed by atoms with Crippen molar-refractivity contribution in [3.63, 3.8) is 0 Å². The summed E-state index contributed by atoms with van der Waals surface area (Å²) in [6.07, 6.45) is 1.45. The number of thiol groups is 1. The van der Waals surface area contributed by atoms with Crippen LogP contribution in [0.1, 0.15) is 5.69 Å². The molecule has 0 saturated heterocycles. The quantitative estimate of drug-likeness (QED) is 0.564. The minimum atomic E-state index is 0.570. The van der Waals surface area contributed by atoms with Crippen molar-refractivity contribution in [1.29, 1.82) is 0 Å². The molecule has 0 aliphatic heterocycles. The Labute approximate surface area is 82.6 Å². The van der Waals surface area contributed by atoms with Gasteiger partial charge in [0.15, 0.2) is 0 Å². The van der Waals surface area contributed by atoms with Crippen molar-refractivity contribution in [3.8, 4) is 0 Å². The van der Waals surface area contributed by atoms with Crippen molar-refractivity contribution >= 4 is 34.3 Å². The molecule has 0 unspecified atom stereocenters. The first-order chi connectivity index (χ1) is 5.70. The van der Waals surface area contributed by atoms with Gasteiger partial charge in [0.1, 0.15) is 11.4 Å². The molecule has 0 saturated carbocycles. The van der Waals surface area contributed by atoms with Gasteiger partial charge in [0.25, 0.3) is 5.78 Å². The first kappa shape index (κ1) is 8.00. The predicted molar refractivity (Wildman–Crippen MR) is 50.5 cm³/mol. The summed E-state index contributed by atoms with van der Waals surface area (Å²) < 4.78 is 2.42. The van der Waals surface area contributed by atoms with Gasteiger partial charge in [-0.1, -0.05) is 0 Å². The highest BCUT2D eigenvalue weighted by atomic mass is 79.9. The van der Waals surface area contributed by atoms with Crippen LogP contribution in [0, 0.1) is 6.92 Å². The van der Waals surface area contributed by atoms with Crippen LogP contribution in [0.25, 0.3) is 5.78 Å². The fraction of sp³-hybridized carbons (Fsp3) is 0.167. The Morgan fingerprint density at radius 2 is 2.33 bits per heavy atom. The summed E-state index contributed by atoms with van der Waals surface area (Å²) in [4.78, 5) is 8.14. The Bertz CT molecular complexity index is 438. The minimum Gasteiger partial charge on any atom is -0.215 e. The lowest BCUT2D eigenvalue weighted by molar-refractivity contribution is 0.825.